The van der Waals surface area contributed by atoms with Gasteiger partial charge in [-0.2, -0.15) is 0 Å². The van der Waals surface area contributed by atoms with Gasteiger partial charge >= 0.3 is 0 Å². The lowest BCUT2D eigenvalue weighted by molar-refractivity contribution is 0.00488. The van der Waals surface area contributed by atoms with Gasteiger partial charge in [0.2, 0.25) is 0 Å². The molecule has 2 aromatic carbocycles. The van der Waals surface area contributed by atoms with Crippen LogP contribution in [0.3, 0.4) is 0 Å². The van der Waals surface area contributed by atoms with E-state index in [-0.39, 0.29) is 0 Å². The van der Waals surface area contributed by atoms with Crippen molar-refractivity contribution in [2.45, 2.75) is 41.5 Å². The Bertz CT molecular complexity index is 702. The zero-order valence-corrected chi connectivity index (χ0v) is 20.0. The van der Waals surface area contributed by atoms with Gasteiger partial charge in [0.1, 0.15) is 24.7 Å². The predicted molar refractivity (Wildman–Crippen MR) is 125 cm³/mol. The summed E-state index contributed by atoms with van der Waals surface area (Å²) < 4.78 is 28.4. The molecule has 0 spiro atoms. The van der Waals surface area contributed by atoms with E-state index in [1.165, 1.54) is 11.1 Å². The third-order valence-electron chi connectivity index (χ3n) is 4.90. The average Bonchev–Trinajstić information content (AvgIpc) is 2.68. The molecule has 0 saturated heterocycles. The first kappa shape index (κ1) is 25.2. The molecule has 0 N–H and O–H groups in total. The third kappa shape index (κ3) is 8.90. The quantitative estimate of drug-likeness (QED) is 0.393. The molecule has 0 unspecified atom stereocenters. The molecule has 0 aliphatic rings. The van der Waals surface area contributed by atoms with Crippen molar-refractivity contribution < 1.29 is 23.7 Å². The van der Waals surface area contributed by atoms with E-state index in [1.54, 1.807) is 0 Å². The minimum absolute atomic E-state index is 0.535. The molecule has 0 aromatic heterocycles. The Morgan fingerprint density at radius 1 is 0.419 bits per heavy atom. The second-order valence-corrected chi connectivity index (χ2v) is 7.99. The largest absolute Gasteiger partial charge is 0.491 e. The van der Waals surface area contributed by atoms with Crippen LogP contribution < -0.4 is 9.47 Å². The van der Waals surface area contributed by atoms with Crippen molar-refractivity contribution in [2.75, 3.05) is 52.9 Å². The molecule has 0 atom stereocenters. The lowest BCUT2D eigenvalue weighted by Gasteiger charge is -2.13. The van der Waals surface area contributed by atoms with Crippen LogP contribution in [0, 0.1) is 41.5 Å². The Hall–Kier alpha value is -2.08. The van der Waals surface area contributed by atoms with E-state index in [1.807, 2.05) is 0 Å². The molecule has 5 heteroatoms. The van der Waals surface area contributed by atoms with E-state index in [2.05, 4.69) is 65.8 Å². The molecular weight excluding hydrogens is 392 g/mol. The Kier molecular flexibility index (Phi) is 10.9. The fourth-order valence-electron chi connectivity index (χ4n) is 3.74. The SMILES string of the molecule is Cc1cc(C)c(OCCOCCOCCOCCOc2c(C)cc(C)cc2C)c(C)c1. The highest BCUT2D eigenvalue weighted by atomic mass is 16.6. The summed E-state index contributed by atoms with van der Waals surface area (Å²) in [6.07, 6.45) is 0. The Labute approximate surface area is 187 Å². The van der Waals surface area contributed by atoms with Crippen molar-refractivity contribution in [1.29, 1.82) is 0 Å². The molecule has 2 rings (SSSR count). The molecule has 172 valence electrons. The first-order valence-corrected chi connectivity index (χ1v) is 11.0. The van der Waals surface area contributed by atoms with Gasteiger partial charge in [-0.3, -0.25) is 0 Å². The molecule has 0 aliphatic carbocycles. The summed E-state index contributed by atoms with van der Waals surface area (Å²) in [4.78, 5) is 0. The Morgan fingerprint density at radius 3 is 0.968 bits per heavy atom. The Balaban J connectivity index is 1.43. The van der Waals surface area contributed by atoms with Crippen molar-refractivity contribution in [3.8, 4) is 11.5 Å². The number of hydrogen-bond acceptors (Lipinski definition) is 5. The molecule has 0 radical (unpaired) electrons. The minimum Gasteiger partial charge on any atom is -0.491 e. The summed E-state index contributed by atoms with van der Waals surface area (Å²) in [6, 6.07) is 8.54. The standard InChI is InChI=1S/C26H38O5/c1-19-15-21(3)25(22(4)16-19)30-13-11-28-9-7-27-8-10-29-12-14-31-26-23(5)17-20(2)18-24(26)6/h15-18H,7-14H2,1-6H3. The number of hydrogen-bond donors (Lipinski definition) is 0. The molecule has 0 aliphatic heterocycles. The smallest absolute Gasteiger partial charge is 0.125 e. The summed E-state index contributed by atoms with van der Waals surface area (Å²) in [5.41, 5.74) is 7.16. The summed E-state index contributed by atoms with van der Waals surface area (Å²) in [6.45, 7) is 16.8. The number of benzene rings is 2. The van der Waals surface area contributed by atoms with E-state index < -0.39 is 0 Å². The summed E-state index contributed by atoms with van der Waals surface area (Å²) >= 11 is 0. The third-order valence-corrected chi connectivity index (χ3v) is 4.90. The first-order valence-electron chi connectivity index (χ1n) is 11.0. The van der Waals surface area contributed by atoms with E-state index in [9.17, 15) is 0 Å². The van der Waals surface area contributed by atoms with Crippen molar-refractivity contribution in [3.05, 3.63) is 57.6 Å². The second kappa shape index (κ2) is 13.4. The van der Waals surface area contributed by atoms with Gasteiger partial charge in [0, 0.05) is 0 Å². The molecular formula is C26H38O5. The molecule has 0 heterocycles. The van der Waals surface area contributed by atoms with Gasteiger partial charge in [-0.05, 0) is 63.8 Å². The Morgan fingerprint density at radius 2 is 0.677 bits per heavy atom. The maximum absolute atomic E-state index is 5.86. The van der Waals surface area contributed by atoms with Crippen LogP contribution in [0.2, 0.25) is 0 Å². The van der Waals surface area contributed by atoms with E-state index >= 15 is 0 Å². The molecule has 0 fully saturated rings. The summed E-state index contributed by atoms with van der Waals surface area (Å²) in [7, 11) is 0. The van der Waals surface area contributed by atoms with Gasteiger partial charge in [-0.15, -0.1) is 0 Å². The average molecular weight is 431 g/mol. The first-order chi connectivity index (χ1) is 14.9. The monoisotopic (exact) mass is 430 g/mol. The number of aryl methyl sites for hydroxylation is 6. The number of ether oxygens (including phenoxy) is 5. The summed E-state index contributed by atoms with van der Waals surface area (Å²) in [5.74, 6) is 1.92. The zero-order valence-electron chi connectivity index (χ0n) is 20.0. The zero-order chi connectivity index (χ0) is 22.6. The fourth-order valence-corrected chi connectivity index (χ4v) is 3.74. The van der Waals surface area contributed by atoms with Crippen LogP contribution in [0.15, 0.2) is 24.3 Å². The fraction of sp³-hybridized carbons (Fsp3) is 0.538. The second-order valence-electron chi connectivity index (χ2n) is 7.99. The van der Waals surface area contributed by atoms with Crippen LogP contribution in [0.5, 0.6) is 11.5 Å². The predicted octanol–water partition coefficient (Wildman–Crippen LogP) is 5.04. The van der Waals surface area contributed by atoms with Crippen LogP contribution in [0.25, 0.3) is 0 Å². The minimum atomic E-state index is 0.535. The maximum Gasteiger partial charge on any atom is 0.125 e. The molecule has 5 nitrogen and oxygen atoms in total. The van der Waals surface area contributed by atoms with E-state index in [4.69, 9.17) is 23.7 Å². The van der Waals surface area contributed by atoms with Gasteiger partial charge in [-0.25, -0.2) is 0 Å². The molecule has 0 bridgehead atoms. The molecule has 31 heavy (non-hydrogen) atoms. The van der Waals surface area contributed by atoms with Crippen LogP contribution in [-0.4, -0.2) is 52.9 Å². The molecule has 0 amide bonds. The van der Waals surface area contributed by atoms with Gasteiger partial charge in [0.05, 0.1) is 39.6 Å². The van der Waals surface area contributed by atoms with Crippen molar-refractivity contribution in [2.24, 2.45) is 0 Å². The van der Waals surface area contributed by atoms with Gasteiger partial charge in [0.25, 0.3) is 0 Å². The van der Waals surface area contributed by atoms with Gasteiger partial charge in [0.15, 0.2) is 0 Å². The highest BCUT2D eigenvalue weighted by Crippen LogP contribution is 2.25. The topological polar surface area (TPSA) is 46.2 Å². The lowest BCUT2D eigenvalue weighted by atomic mass is 10.1. The summed E-state index contributed by atoms with van der Waals surface area (Å²) in [5, 5.41) is 0. The van der Waals surface area contributed by atoms with Crippen LogP contribution >= 0.6 is 0 Å². The van der Waals surface area contributed by atoms with Crippen molar-refractivity contribution in [1.82, 2.24) is 0 Å². The van der Waals surface area contributed by atoms with Crippen LogP contribution in [0.4, 0.5) is 0 Å². The maximum atomic E-state index is 5.86. The highest BCUT2D eigenvalue weighted by Gasteiger charge is 2.06. The van der Waals surface area contributed by atoms with E-state index in [0.717, 1.165) is 33.8 Å². The van der Waals surface area contributed by atoms with Crippen molar-refractivity contribution in [3.63, 3.8) is 0 Å². The van der Waals surface area contributed by atoms with Crippen molar-refractivity contribution >= 4 is 0 Å². The molecule has 0 saturated carbocycles. The van der Waals surface area contributed by atoms with Gasteiger partial charge < -0.3 is 23.7 Å². The lowest BCUT2D eigenvalue weighted by Crippen LogP contribution is -2.14. The molecule has 2 aromatic rings. The number of rotatable bonds is 14. The van der Waals surface area contributed by atoms with Crippen LogP contribution in [-0.2, 0) is 14.2 Å². The normalized spacial score (nSPS) is 11.0. The van der Waals surface area contributed by atoms with E-state index in [0.29, 0.717) is 52.9 Å². The highest BCUT2D eigenvalue weighted by molar-refractivity contribution is 5.43. The van der Waals surface area contributed by atoms with Crippen LogP contribution in [0.1, 0.15) is 33.4 Å². The van der Waals surface area contributed by atoms with Gasteiger partial charge in [-0.1, -0.05) is 35.4 Å².